The number of sulfone groups is 1. The zero-order valence-electron chi connectivity index (χ0n) is 19.6. The van der Waals surface area contributed by atoms with Crippen molar-refractivity contribution in [3.8, 4) is 16.9 Å². The number of hydrogen-bond donors (Lipinski definition) is 0. The van der Waals surface area contributed by atoms with Crippen molar-refractivity contribution in [3.63, 3.8) is 0 Å². The van der Waals surface area contributed by atoms with Crippen LogP contribution in [0, 0.1) is 6.57 Å². The van der Waals surface area contributed by atoms with Crippen molar-refractivity contribution < 1.29 is 17.9 Å². The summed E-state index contributed by atoms with van der Waals surface area (Å²) in [4.78, 5) is 16.5. The number of rotatable bonds is 9. The summed E-state index contributed by atoms with van der Waals surface area (Å²) in [5, 5.41) is 0.755. The topological polar surface area (TPSA) is 64.8 Å². The average Bonchev–Trinajstić information content (AvgIpc) is 2.79. The Kier molecular flexibility index (Phi) is 8.60. The molecule has 0 aliphatic carbocycles. The van der Waals surface area contributed by atoms with E-state index >= 15 is 0 Å². The SMILES string of the molecule is [C-]#[N+]c1cc(-c2c(Cl)cc(CC(=O)Cc3ccc(S(=O)(=O)CC)cc3)cc2Cl)ccc1OC(C)C. The van der Waals surface area contributed by atoms with E-state index in [1.807, 2.05) is 13.8 Å². The third-order valence-corrected chi connectivity index (χ3v) is 7.64. The molecule has 0 aliphatic heterocycles. The molecule has 0 heterocycles. The minimum atomic E-state index is -3.28. The van der Waals surface area contributed by atoms with Gasteiger partial charge < -0.3 is 4.74 Å². The van der Waals surface area contributed by atoms with Crippen LogP contribution in [0.1, 0.15) is 31.9 Å². The third kappa shape index (κ3) is 6.64. The maximum atomic E-state index is 12.7. The van der Waals surface area contributed by atoms with Gasteiger partial charge in [0.2, 0.25) is 5.69 Å². The monoisotopic (exact) mass is 529 g/mol. The summed E-state index contributed by atoms with van der Waals surface area (Å²) >= 11 is 13.1. The Hall–Kier alpha value is -2.85. The Morgan fingerprint density at radius 2 is 1.57 bits per heavy atom. The molecule has 0 unspecified atom stereocenters. The van der Waals surface area contributed by atoms with Gasteiger partial charge in [0.05, 0.1) is 33.4 Å². The van der Waals surface area contributed by atoms with Crippen LogP contribution in [-0.4, -0.2) is 26.1 Å². The van der Waals surface area contributed by atoms with E-state index in [9.17, 15) is 13.2 Å². The Bertz CT molecular complexity index is 1370. The van der Waals surface area contributed by atoms with Crippen LogP contribution in [0.3, 0.4) is 0 Å². The van der Waals surface area contributed by atoms with E-state index < -0.39 is 9.84 Å². The second kappa shape index (κ2) is 11.3. The quantitative estimate of drug-likeness (QED) is 0.276. The minimum absolute atomic E-state index is 0.0256. The highest BCUT2D eigenvalue weighted by molar-refractivity contribution is 7.91. The molecule has 0 N–H and O–H groups in total. The zero-order chi connectivity index (χ0) is 25.8. The van der Waals surface area contributed by atoms with Gasteiger partial charge in [-0.05, 0) is 66.9 Å². The number of hydrogen-bond acceptors (Lipinski definition) is 4. The van der Waals surface area contributed by atoms with Gasteiger partial charge in [-0.15, -0.1) is 0 Å². The summed E-state index contributed by atoms with van der Waals surface area (Å²) < 4.78 is 29.6. The standard InChI is InChI=1S/C27H25Cl2NO4S/c1-5-35(32,33)22-9-6-18(7-10-22)12-21(31)13-19-14-23(28)27(24(29)15-19)20-8-11-26(34-17(2)3)25(16-20)30-4/h6-11,14-17H,5,12-13H2,1-3H3. The molecule has 0 atom stereocenters. The van der Waals surface area contributed by atoms with Crippen LogP contribution in [0.25, 0.3) is 16.0 Å². The van der Waals surface area contributed by atoms with E-state index in [4.69, 9.17) is 34.5 Å². The number of ketones is 1. The molecule has 3 aromatic rings. The predicted octanol–water partition coefficient (Wildman–Crippen LogP) is 7.15. The van der Waals surface area contributed by atoms with E-state index in [0.29, 0.717) is 38.2 Å². The van der Waals surface area contributed by atoms with Crippen molar-refractivity contribution >= 4 is 44.5 Å². The van der Waals surface area contributed by atoms with E-state index in [0.717, 1.165) is 5.56 Å². The molecule has 182 valence electrons. The molecule has 0 fully saturated rings. The molecule has 3 rings (SSSR count). The summed E-state index contributed by atoms with van der Waals surface area (Å²) in [6.45, 7) is 12.8. The number of Topliss-reactive ketones (excluding diaryl/α,β-unsaturated/α-hetero) is 1. The van der Waals surface area contributed by atoms with Crippen molar-refractivity contribution in [2.45, 2.75) is 44.6 Å². The third-order valence-electron chi connectivity index (χ3n) is 5.30. The molecule has 5 nitrogen and oxygen atoms in total. The average molecular weight is 530 g/mol. The number of carbonyl (C=O) groups excluding carboxylic acids is 1. The molecular formula is C27H25Cl2NO4S. The number of nitrogens with zero attached hydrogens (tertiary/aromatic N) is 1. The first-order valence-electron chi connectivity index (χ1n) is 11.0. The van der Waals surface area contributed by atoms with Crippen LogP contribution in [0.5, 0.6) is 5.75 Å². The van der Waals surface area contributed by atoms with Gasteiger partial charge in [-0.1, -0.05) is 48.3 Å². The van der Waals surface area contributed by atoms with Gasteiger partial charge in [0, 0.05) is 18.4 Å². The first kappa shape index (κ1) is 26.7. The van der Waals surface area contributed by atoms with Crippen molar-refractivity contribution in [1.82, 2.24) is 0 Å². The van der Waals surface area contributed by atoms with Crippen molar-refractivity contribution in [1.29, 1.82) is 0 Å². The lowest BCUT2D eigenvalue weighted by molar-refractivity contribution is -0.117. The summed E-state index contributed by atoms with van der Waals surface area (Å²) in [5.74, 6) is 0.465. The normalized spacial score (nSPS) is 11.3. The molecule has 0 bridgehead atoms. The number of ether oxygens (including phenoxy) is 1. The van der Waals surface area contributed by atoms with Gasteiger partial charge in [0.1, 0.15) is 11.5 Å². The maximum Gasteiger partial charge on any atom is 0.228 e. The molecule has 0 saturated heterocycles. The Labute approximate surface area is 216 Å². The molecule has 0 radical (unpaired) electrons. The van der Waals surface area contributed by atoms with Gasteiger partial charge in [0.25, 0.3) is 0 Å². The predicted molar refractivity (Wildman–Crippen MR) is 141 cm³/mol. The van der Waals surface area contributed by atoms with Gasteiger partial charge in [-0.2, -0.15) is 0 Å². The van der Waals surface area contributed by atoms with E-state index in [1.165, 1.54) is 12.1 Å². The Morgan fingerprint density at radius 1 is 0.971 bits per heavy atom. The lowest BCUT2D eigenvalue weighted by atomic mass is 9.99. The van der Waals surface area contributed by atoms with E-state index in [1.54, 1.807) is 49.4 Å². The molecule has 3 aromatic carbocycles. The van der Waals surface area contributed by atoms with Gasteiger partial charge >= 0.3 is 0 Å². The second-order valence-electron chi connectivity index (χ2n) is 8.33. The minimum Gasteiger partial charge on any atom is -0.502 e. The molecule has 0 aromatic heterocycles. The highest BCUT2D eigenvalue weighted by Gasteiger charge is 2.16. The van der Waals surface area contributed by atoms with Crippen LogP contribution in [0.4, 0.5) is 5.69 Å². The van der Waals surface area contributed by atoms with Crippen LogP contribution in [-0.2, 0) is 27.5 Å². The second-order valence-corrected chi connectivity index (χ2v) is 11.4. The van der Waals surface area contributed by atoms with Crippen LogP contribution in [0.2, 0.25) is 10.0 Å². The van der Waals surface area contributed by atoms with Gasteiger partial charge in [0.15, 0.2) is 9.84 Å². The zero-order valence-corrected chi connectivity index (χ0v) is 22.0. The summed E-state index contributed by atoms with van der Waals surface area (Å²) in [7, 11) is -3.28. The van der Waals surface area contributed by atoms with Crippen LogP contribution >= 0.6 is 23.2 Å². The molecule has 0 amide bonds. The number of halogens is 2. The summed E-state index contributed by atoms with van der Waals surface area (Å²) in [6, 6.07) is 15.0. The van der Waals surface area contributed by atoms with E-state index in [2.05, 4.69) is 4.85 Å². The first-order chi connectivity index (χ1) is 16.5. The molecule has 35 heavy (non-hydrogen) atoms. The fourth-order valence-corrected chi connectivity index (χ4v) is 5.25. The Morgan fingerprint density at radius 3 is 2.11 bits per heavy atom. The van der Waals surface area contributed by atoms with Crippen LogP contribution in [0.15, 0.2) is 59.5 Å². The number of carbonyl (C=O) groups is 1. The van der Waals surface area contributed by atoms with Crippen molar-refractivity contribution in [2.75, 3.05) is 5.75 Å². The summed E-state index contributed by atoms with van der Waals surface area (Å²) in [6.07, 6.45) is 0.228. The fourth-order valence-electron chi connectivity index (χ4n) is 3.62. The lowest BCUT2D eigenvalue weighted by Crippen LogP contribution is -2.08. The molecule has 0 spiro atoms. The first-order valence-corrected chi connectivity index (χ1v) is 13.4. The van der Waals surface area contributed by atoms with Crippen molar-refractivity contribution in [2.24, 2.45) is 0 Å². The van der Waals surface area contributed by atoms with Crippen LogP contribution < -0.4 is 4.74 Å². The fraction of sp³-hybridized carbons (Fsp3) is 0.259. The maximum absolute atomic E-state index is 12.7. The smallest absolute Gasteiger partial charge is 0.228 e. The summed E-state index contributed by atoms with van der Waals surface area (Å²) in [5.41, 5.74) is 3.03. The highest BCUT2D eigenvalue weighted by atomic mass is 35.5. The highest BCUT2D eigenvalue weighted by Crippen LogP contribution is 2.40. The molecule has 8 heteroatoms. The molecule has 0 saturated carbocycles. The van der Waals surface area contributed by atoms with Gasteiger partial charge in [-0.3, -0.25) is 4.79 Å². The largest absolute Gasteiger partial charge is 0.502 e. The van der Waals surface area contributed by atoms with Crippen molar-refractivity contribution in [3.05, 3.63) is 87.2 Å². The molecule has 0 aliphatic rings. The van der Waals surface area contributed by atoms with E-state index in [-0.39, 0.29) is 35.4 Å². The number of benzene rings is 3. The Balaban J connectivity index is 1.78. The lowest BCUT2D eigenvalue weighted by Gasteiger charge is -2.14. The van der Waals surface area contributed by atoms with Gasteiger partial charge in [-0.25, -0.2) is 13.3 Å². The molecular weight excluding hydrogens is 505 g/mol.